The van der Waals surface area contributed by atoms with Crippen molar-refractivity contribution in [2.75, 3.05) is 18.8 Å². The van der Waals surface area contributed by atoms with Crippen LogP contribution in [0.25, 0.3) is 22.3 Å². The minimum Gasteiger partial charge on any atom is -0.383 e. The molecule has 0 spiro atoms. The fourth-order valence-electron chi connectivity index (χ4n) is 5.06. The van der Waals surface area contributed by atoms with Crippen molar-refractivity contribution in [1.82, 2.24) is 25.0 Å². The summed E-state index contributed by atoms with van der Waals surface area (Å²) in [5.74, 6) is 2.62. The SMILES string of the molecule is C[C@H]1CCc2c(c3c(N)ncnc3n2C2CCNC2)-c2noc(C3CC3)c21. The molecule has 4 heterocycles. The average Bonchev–Trinajstić information content (AvgIpc) is 3.11. The highest BCUT2D eigenvalue weighted by molar-refractivity contribution is 6.02. The highest BCUT2D eigenvalue weighted by Crippen LogP contribution is 2.51. The number of anilines is 1. The van der Waals surface area contributed by atoms with E-state index in [4.69, 9.17) is 10.3 Å². The van der Waals surface area contributed by atoms with E-state index in [1.165, 1.54) is 24.1 Å². The van der Waals surface area contributed by atoms with E-state index in [2.05, 4.69) is 31.9 Å². The first kappa shape index (κ1) is 15.6. The molecule has 7 heteroatoms. The summed E-state index contributed by atoms with van der Waals surface area (Å²) in [5, 5.41) is 9.02. The summed E-state index contributed by atoms with van der Waals surface area (Å²) in [5.41, 5.74) is 12.0. The molecule has 3 aliphatic rings. The van der Waals surface area contributed by atoms with E-state index in [0.29, 0.717) is 23.7 Å². The van der Waals surface area contributed by atoms with Crippen LogP contribution in [0.4, 0.5) is 5.82 Å². The van der Waals surface area contributed by atoms with Crippen molar-refractivity contribution in [3.05, 3.63) is 23.3 Å². The molecule has 0 aromatic carbocycles. The van der Waals surface area contributed by atoms with Gasteiger partial charge >= 0.3 is 0 Å². The van der Waals surface area contributed by atoms with Crippen LogP contribution in [0.3, 0.4) is 0 Å². The smallest absolute Gasteiger partial charge is 0.146 e. The average molecular weight is 364 g/mol. The summed E-state index contributed by atoms with van der Waals surface area (Å²) >= 11 is 0. The number of nitrogens with two attached hydrogens (primary N) is 1. The minimum atomic E-state index is 0.400. The first-order valence-corrected chi connectivity index (χ1v) is 10.1. The second-order valence-corrected chi connectivity index (χ2v) is 8.32. The number of nitrogens with zero attached hydrogens (tertiary/aromatic N) is 4. The Balaban J connectivity index is 1.69. The van der Waals surface area contributed by atoms with Gasteiger partial charge < -0.3 is 20.1 Å². The molecule has 0 radical (unpaired) electrons. The lowest BCUT2D eigenvalue weighted by atomic mass is 9.94. The van der Waals surface area contributed by atoms with Crippen LogP contribution in [0.1, 0.15) is 67.5 Å². The largest absolute Gasteiger partial charge is 0.383 e. The number of fused-ring (bicyclic) bond motifs is 5. The highest BCUT2D eigenvalue weighted by Gasteiger charge is 2.39. The van der Waals surface area contributed by atoms with E-state index in [1.807, 2.05) is 0 Å². The Bertz CT molecular complexity index is 1040. The zero-order valence-corrected chi connectivity index (χ0v) is 15.5. The fourth-order valence-corrected chi connectivity index (χ4v) is 5.06. The van der Waals surface area contributed by atoms with E-state index >= 15 is 0 Å². The molecule has 0 bridgehead atoms. The highest BCUT2D eigenvalue weighted by atomic mass is 16.5. The molecule has 2 aliphatic carbocycles. The molecule has 2 atom stereocenters. The third-order valence-corrected chi connectivity index (χ3v) is 6.56. The van der Waals surface area contributed by atoms with Crippen LogP contribution in [0.5, 0.6) is 0 Å². The Morgan fingerprint density at radius 1 is 1.22 bits per heavy atom. The molecule has 1 aliphatic heterocycles. The van der Waals surface area contributed by atoms with Crippen molar-refractivity contribution in [2.24, 2.45) is 0 Å². The van der Waals surface area contributed by atoms with E-state index in [1.54, 1.807) is 6.33 Å². The van der Waals surface area contributed by atoms with Crippen molar-refractivity contribution in [3.63, 3.8) is 0 Å². The molecule has 3 aromatic heterocycles. The Morgan fingerprint density at radius 2 is 2.11 bits per heavy atom. The number of aromatic nitrogens is 4. The predicted molar refractivity (Wildman–Crippen MR) is 103 cm³/mol. The zero-order chi connectivity index (χ0) is 18.1. The quantitative estimate of drug-likeness (QED) is 0.725. The number of hydrogen-bond acceptors (Lipinski definition) is 6. The van der Waals surface area contributed by atoms with Crippen molar-refractivity contribution >= 4 is 16.9 Å². The first-order valence-electron chi connectivity index (χ1n) is 10.1. The molecule has 2 fully saturated rings. The monoisotopic (exact) mass is 364 g/mol. The van der Waals surface area contributed by atoms with Crippen molar-refractivity contribution in [2.45, 2.75) is 56.9 Å². The van der Waals surface area contributed by atoms with Gasteiger partial charge in [0, 0.05) is 35.3 Å². The molecule has 1 saturated carbocycles. The van der Waals surface area contributed by atoms with Gasteiger partial charge in [-0.05, 0) is 44.6 Å². The number of rotatable bonds is 2. The van der Waals surface area contributed by atoms with Gasteiger partial charge in [0.1, 0.15) is 29.2 Å². The van der Waals surface area contributed by atoms with Gasteiger partial charge in [-0.1, -0.05) is 12.1 Å². The molecular weight excluding hydrogens is 340 g/mol. The second-order valence-electron chi connectivity index (χ2n) is 8.32. The molecule has 6 rings (SSSR count). The number of nitrogen functional groups attached to an aromatic ring is 1. The van der Waals surface area contributed by atoms with Crippen molar-refractivity contribution in [1.29, 1.82) is 0 Å². The van der Waals surface area contributed by atoms with Gasteiger partial charge in [0.2, 0.25) is 0 Å². The topological polar surface area (TPSA) is 94.8 Å². The molecular formula is C20H24N6O. The van der Waals surface area contributed by atoms with Crippen LogP contribution in [0.2, 0.25) is 0 Å². The summed E-state index contributed by atoms with van der Waals surface area (Å²) in [4.78, 5) is 8.97. The maximum Gasteiger partial charge on any atom is 0.146 e. The normalized spacial score (nSPS) is 24.8. The van der Waals surface area contributed by atoms with E-state index in [-0.39, 0.29) is 0 Å². The maximum absolute atomic E-state index is 6.38. The summed E-state index contributed by atoms with van der Waals surface area (Å²) < 4.78 is 8.31. The first-order chi connectivity index (χ1) is 13.2. The fraction of sp³-hybridized carbons (Fsp3) is 0.550. The second kappa shape index (κ2) is 5.55. The molecule has 3 N–H and O–H groups in total. The van der Waals surface area contributed by atoms with E-state index in [9.17, 15) is 0 Å². The van der Waals surface area contributed by atoms with Gasteiger partial charge in [-0.15, -0.1) is 0 Å². The van der Waals surface area contributed by atoms with Gasteiger partial charge in [-0.2, -0.15) is 0 Å². The van der Waals surface area contributed by atoms with Crippen molar-refractivity contribution in [3.8, 4) is 11.3 Å². The Morgan fingerprint density at radius 3 is 2.89 bits per heavy atom. The van der Waals surface area contributed by atoms with Gasteiger partial charge in [0.05, 0.1) is 5.39 Å². The van der Waals surface area contributed by atoms with Crippen LogP contribution in [0, 0.1) is 0 Å². The van der Waals surface area contributed by atoms with Crippen LogP contribution >= 0.6 is 0 Å². The predicted octanol–water partition coefficient (Wildman–Crippen LogP) is 3.13. The standard InChI is InChI=1S/C20H24N6O/c1-10-2-5-13-15(17-14(10)18(27-25-17)11-3-4-11)16-19(21)23-9-24-20(16)26(13)12-6-7-22-8-12/h9-12,22H,2-8H2,1H3,(H2,21,23,24)/t10-,12?/m0/s1. The van der Waals surface area contributed by atoms with Gasteiger partial charge in [0.25, 0.3) is 0 Å². The number of nitrogens with one attached hydrogen (secondary N) is 1. The maximum atomic E-state index is 6.38. The Hall–Kier alpha value is -2.41. The van der Waals surface area contributed by atoms with E-state index < -0.39 is 0 Å². The summed E-state index contributed by atoms with van der Waals surface area (Å²) in [7, 11) is 0. The van der Waals surface area contributed by atoms with Gasteiger partial charge in [-0.3, -0.25) is 0 Å². The zero-order valence-electron chi connectivity index (χ0n) is 15.5. The van der Waals surface area contributed by atoms with Crippen LogP contribution in [-0.2, 0) is 6.42 Å². The molecule has 140 valence electrons. The Labute approximate surface area is 157 Å². The third-order valence-electron chi connectivity index (χ3n) is 6.56. The molecule has 0 amide bonds. The molecule has 27 heavy (non-hydrogen) atoms. The lowest BCUT2D eigenvalue weighted by Gasteiger charge is -2.17. The lowest BCUT2D eigenvalue weighted by molar-refractivity contribution is 0.382. The summed E-state index contributed by atoms with van der Waals surface area (Å²) in [6.45, 7) is 4.31. The molecule has 1 saturated heterocycles. The molecule has 3 aromatic rings. The van der Waals surface area contributed by atoms with E-state index in [0.717, 1.165) is 60.4 Å². The molecule has 7 nitrogen and oxygen atoms in total. The van der Waals surface area contributed by atoms with Gasteiger partial charge in [-0.25, -0.2) is 9.97 Å². The summed E-state index contributed by atoms with van der Waals surface area (Å²) in [6.07, 6.45) is 7.20. The number of hydrogen-bond donors (Lipinski definition) is 2. The minimum absolute atomic E-state index is 0.400. The van der Waals surface area contributed by atoms with Crippen molar-refractivity contribution < 1.29 is 4.52 Å². The van der Waals surface area contributed by atoms with Crippen LogP contribution < -0.4 is 11.1 Å². The Kier molecular flexibility index (Phi) is 3.21. The molecule has 1 unspecified atom stereocenters. The van der Waals surface area contributed by atoms with Gasteiger partial charge in [0.15, 0.2) is 0 Å². The summed E-state index contributed by atoms with van der Waals surface area (Å²) in [6, 6.07) is 0.400. The third kappa shape index (κ3) is 2.15. The lowest BCUT2D eigenvalue weighted by Crippen LogP contribution is -2.16. The van der Waals surface area contributed by atoms with Crippen LogP contribution in [0.15, 0.2) is 10.9 Å². The van der Waals surface area contributed by atoms with Crippen LogP contribution in [-0.4, -0.2) is 32.8 Å².